The molecule has 2 aromatic carbocycles. The number of rotatable bonds is 4. The highest BCUT2D eigenvalue weighted by Gasteiger charge is 2.05. The molecular weight excluding hydrogens is 328 g/mol. The molecule has 0 aliphatic carbocycles. The lowest BCUT2D eigenvalue weighted by Gasteiger charge is -2.12. The van der Waals surface area contributed by atoms with Gasteiger partial charge in [0.05, 0.1) is 18.4 Å². The van der Waals surface area contributed by atoms with Crippen LogP contribution < -0.4 is 10.6 Å². The first kappa shape index (κ1) is 17.2. The number of hydrogen-bond donors (Lipinski definition) is 2. The van der Waals surface area contributed by atoms with Gasteiger partial charge in [0, 0.05) is 11.9 Å². The molecule has 3 rings (SSSR count). The molecular formula is C20H22N4S. The maximum absolute atomic E-state index is 5.42. The van der Waals surface area contributed by atoms with Crippen molar-refractivity contribution in [2.24, 2.45) is 0 Å². The van der Waals surface area contributed by atoms with Gasteiger partial charge in [0.25, 0.3) is 0 Å². The number of hydrogen-bond acceptors (Lipinski definition) is 2. The second kappa shape index (κ2) is 7.49. The van der Waals surface area contributed by atoms with E-state index in [1.54, 1.807) is 6.20 Å². The summed E-state index contributed by atoms with van der Waals surface area (Å²) >= 11 is 5.42. The Morgan fingerprint density at radius 3 is 2.64 bits per heavy atom. The van der Waals surface area contributed by atoms with Crippen molar-refractivity contribution in [1.82, 2.24) is 9.78 Å². The largest absolute Gasteiger partial charge is 0.332 e. The molecule has 0 saturated carbocycles. The van der Waals surface area contributed by atoms with Crippen LogP contribution in [0.5, 0.6) is 0 Å². The summed E-state index contributed by atoms with van der Waals surface area (Å²) in [6.45, 7) is 6.96. The molecule has 1 aromatic heterocycles. The van der Waals surface area contributed by atoms with Gasteiger partial charge in [-0.3, -0.25) is 4.68 Å². The van der Waals surface area contributed by atoms with Crippen molar-refractivity contribution in [3.05, 3.63) is 77.1 Å². The van der Waals surface area contributed by atoms with Crippen molar-refractivity contribution < 1.29 is 0 Å². The van der Waals surface area contributed by atoms with Gasteiger partial charge < -0.3 is 10.6 Å². The van der Waals surface area contributed by atoms with E-state index < -0.39 is 0 Å². The third-order valence-electron chi connectivity index (χ3n) is 3.96. The first-order valence-corrected chi connectivity index (χ1v) is 8.64. The van der Waals surface area contributed by atoms with Crippen molar-refractivity contribution in [1.29, 1.82) is 0 Å². The molecule has 5 heteroatoms. The maximum Gasteiger partial charge on any atom is 0.175 e. The van der Waals surface area contributed by atoms with Crippen LogP contribution in [0.4, 0.5) is 11.4 Å². The van der Waals surface area contributed by atoms with Crippen LogP contribution in [0.2, 0.25) is 0 Å². The highest BCUT2D eigenvalue weighted by Crippen LogP contribution is 2.17. The molecule has 0 aliphatic rings. The number of anilines is 2. The summed E-state index contributed by atoms with van der Waals surface area (Å²) in [4.78, 5) is 0. The van der Waals surface area contributed by atoms with Crippen molar-refractivity contribution in [3.8, 4) is 0 Å². The van der Waals surface area contributed by atoms with Gasteiger partial charge in [-0.15, -0.1) is 0 Å². The Morgan fingerprint density at radius 1 is 1.04 bits per heavy atom. The first-order valence-electron chi connectivity index (χ1n) is 8.23. The van der Waals surface area contributed by atoms with Crippen LogP contribution in [0.1, 0.15) is 22.3 Å². The smallest absolute Gasteiger partial charge is 0.175 e. The van der Waals surface area contributed by atoms with E-state index in [9.17, 15) is 0 Å². The van der Waals surface area contributed by atoms with Crippen LogP contribution >= 0.6 is 12.2 Å². The van der Waals surface area contributed by atoms with E-state index >= 15 is 0 Å². The normalized spacial score (nSPS) is 10.5. The zero-order valence-electron chi connectivity index (χ0n) is 14.7. The van der Waals surface area contributed by atoms with Crippen molar-refractivity contribution >= 4 is 28.7 Å². The third kappa shape index (κ3) is 4.67. The van der Waals surface area contributed by atoms with Crippen molar-refractivity contribution in [2.45, 2.75) is 27.3 Å². The Hall–Kier alpha value is -2.66. The molecule has 0 unspecified atom stereocenters. The van der Waals surface area contributed by atoms with Crippen molar-refractivity contribution in [3.63, 3.8) is 0 Å². The Balaban J connectivity index is 1.62. The lowest BCUT2D eigenvalue weighted by molar-refractivity contribution is 0.686. The fraction of sp³-hybridized carbons (Fsp3) is 0.200. The van der Waals surface area contributed by atoms with E-state index in [1.807, 2.05) is 10.9 Å². The number of aryl methyl sites for hydroxylation is 3. The predicted octanol–water partition coefficient (Wildman–Crippen LogP) is 4.67. The van der Waals surface area contributed by atoms with Crippen LogP contribution in [0.25, 0.3) is 0 Å². The lowest BCUT2D eigenvalue weighted by Crippen LogP contribution is -2.19. The second-order valence-electron chi connectivity index (χ2n) is 6.31. The molecule has 0 radical (unpaired) electrons. The average Bonchev–Trinajstić information content (AvgIpc) is 2.97. The van der Waals surface area contributed by atoms with Gasteiger partial charge in [-0.25, -0.2) is 0 Å². The fourth-order valence-corrected chi connectivity index (χ4v) is 2.90. The van der Waals surface area contributed by atoms with Gasteiger partial charge in [0.1, 0.15) is 0 Å². The lowest BCUT2D eigenvalue weighted by atomic mass is 10.1. The summed E-state index contributed by atoms with van der Waals surface area (Å²) in [5.41, 5.74) is 6.72. The van der Waals surface area contributed by atoms with Gasteiger partial charge in [-0.05, 0) is 55.7 Å². The molecule has 0 bridgehead atoms. The summed E-state index contributed by atoms with van der Waals surface area (Å²) in [5, 5.41) is 11.4. The van der Waals surface area contributed by atoms with Crippen LogP contribution in [0.15, 0.2) is 54.9 Å². The number of benzene rings is 2. The molecule has 3 aromatic rings. The van der Waals surface area contributed by atoms with Gasteiger partial charge >= 0.3 is 0 Å². The van der Waals surface area contributed by atoms with E-state index in [4.69, 9.17) is 12.2 Å². The molecule has 1 heterocycles. The minimum absolute atomic E-state index is 0.559. The number of nitrogens with zero attached hydrogens (tertiary/aromatic N) is 2. The average molecular weight is 350 g/mol. The summed E-state index contributed by atoms with van der Waals surface area (Å²) < 4.78 is 1.90. The van der Waals surface area contributed by atoms with Crippen LogP contribution in [0, 0.1) is 20.8 Å². The minimum atomic E-state index is 0.559. The molecule has 25 heavy (non-hydrogen) atoms. The molecule has 0 aliphatic heterocycles. The highest BCUT2D eigenvalue weighted by molar-refractivity contribution is 7.80. The minimum Gasteiger partial charge on any atom is -0.332 e. The number of nitrogens with one attached hydrogen (secondary N) is 2. The Kier molecular flexibility index (Phi) is 5.14. The molecule has 2 N–H and O–H groups in total. The summed E-state index contributed by atoms with van der Waals surface area (Å²) in [6.07, 6.45) is 3.74. The van der Waals surface area contributed by atoms with E-state index in [2.05, 4.69) is 79.0 Å². The predicted molar refractivity (Wildman–Crippen MR) is 108 cm³/mol. The Morgan fingerprint density at radius 2 is 1.84 bits per heavy atom. The zero-order valence-corrected chi connectivity index (χ0v) is 15.5. The molecule has 0 spiro atoms. The highest BCUT2D eigenvalue weighted by atomic mass is 32.1. The second-order valence-corrected chi connectivity index (χ2v) is 6.72. The van der Waals surface area contributed by atoms with Gasteiger partial charge in [0.2, 0.25) is 0 Å². The van der Waals surface area contributed by atoms with Gasteiger partial charge in [-0.2, -0.15) is 5.10 Å². The van der Waals surface area contributed by atoms with Crippen LogP contribution in [-0.2, 0) is 6.54 Å². The summed E-state index contributed by atoms with van der Waals surface area (Å²) in [6, 6.07) is 14.7. The maximum atomic E-state index is 5.42. The monoisotopic (exact) mass is 350 g/mol. The molecule has 0 atom stereocenters. The fourth-order valence-electron chi connectivity index (χ4n) is 2.67. The number of thiocarbonyl (C=S) groups is 1. The summed E-state index contributed by atoms with van der Waals surface area (Å²) in [5.74, 6) is 0. The molecule has 4 nitrogen and oxygen atoms in total. The summed E-state index contributed by atoms with van der Waals surface area (Å²) in [7, 11) is 0. The van der Waals surface area contributed by atoms with Crippen LogP contribution in [0.3, 0.4) is 0 Å². The Labute approximate surface area is 153 Å². The zero-order chi connectivity index (χ0) is 17.8. The van der Waals surface area contributed by atoms with Crippen LogP contribution in [-0.4, -0.2) is 14.9 Å². The van der Waals surface area contributed by atoms with Crippen molar-refractivity contribution in [2.75, 3.05) is 10.6 Å². The SMILES string of the molecule is Cc1cccc(Cn2cc(NC(=S)Nc3cc(C)ccc3C)cn2)c1. The Bertz CT molecular complexity index is 898. The molecule has 0 saturated heterocycles. The molecule has 0 fully saturated rings. The molecule has 128 valence electrons. The van der Waals surface area contributed by atoms with E-state index in [1.165, 1.54) is 16.7 Å². The van der Waals surface area contributed by atoms with Gasteiger partial charge in [0.15, 0.2) is 5.11 Å². The van der Waals surface area contributed by atoms with E-state index in [0.29, 0.717) is 5.11 Å². The quantitative estimate of drug-likeness (QED) is 0.671. The standard InChI is InChI=1S/C20H22N4S/c1-14-5-4-6-17(9-14)12-24-13-18(11-21-24)22-20(25)23-19-10-15(2)7-8-16(19)3/h4-11,13H,12H2,1-3H3,(H2,22,23,25). The van der Waals surface area contributed by atoms with E-state index in [-0.39, 0.29) is 0 Å². The third-order valence-corrected chi connectivity index (χ3v) is 4.16. The number of aromatic nitrogens is 2. The van der Waals surface area contributed by atoms with Gasteiger partial charge in [-0.1, -0.05) is 42.0 Å². The first-order chi connectivity index (χ1) is 12.0. The molecule has 0 amide bonds. The topological polar surface area (TPSA) is 41.9 Å². The van der Waals surface area contributed by atoms with E-state index in [0.717, 1.165) is 23.5 Å².